The summed E-state index contributed by atoms with van der Waals surface area (Å²) < 4.78 is 0. The summed E-state index contributed by atoms with van der Waals surface area (Å²) in [5, 5.41) is 94.0. The van der Waals surface area contributed by atoms with Crippen molar-refractivity contribution >= 4 is 71.0 Å². The highest BCUT2D eigenvalue weighted by atomic mass is 16.5. The lowest BCUT2D eigenvalue weighted by atomic mass is 10.1. The maximum Gasteiger partial charge on any atom is 0.335 e. The van der Waals surface area contributed by atoms with Gasteiger partial charge in [0.15, 0.2) is 6.10 Å². The summed E-state index contributed by atoms with van der Waals surface area (Å²) in [4.78, 5) is 151. The molecule has 0 rings (SSSR count). The molecule has 30 heteroatoms. The Labute approximate surface area is 426 Å². The summed E-state index contributed by atoms with van der Waals surface area (Å²) in [5.41, 5.74) is 5.26. The van der Waals surface area contributed by atoms with Crippen LogP contribution in [0.3, 0.4) is 0 Å². The Balaban J connectivity index is 6.25. The maximum atomic E-state index is 13.8. The second-order valence-electron chi connectivity index (χ2n) is 16.9. The van der Waals surface area contributed by atoms with Crippen LogP contribution in [-0.2, 0) is 57.5 Å². The smallest absolute Gasteiger partial charge is 0.335 e. The quantitative estimate of drug-likeness (QED) is 0.0118. The molecule has 0 aliphatic rings. The molecule has 0 aromatic carbocycles. The van der Waals surface area contributed by atoms with Crippen LogP contribution in [0.25, 0.3) is 0 Å². The molecule has 0 aliphatic carbocycles. The fourth-order valence-electron chi connectivity index (χ4n) is 6.47. The van der Waals surface area contributed by atoms with Crippen LogP contribution >= 0.6 is 0 Å². The van der Waals surface area contributed by atoms with Crippen LogP contribution in [0.4, 0.5) is 0 Å². The number of primary amides is 1. The van der Waals surface area contributed by atoms with Crippen LogP contribution < -0.4 is 43.0 Å². The molecule has 10 amide bonds. The Morgan fingerprint density at radius 3 is 1.28 bits per heavy atom. The number of aliphatic hydroxyl groups excluding tert-OH is 4. The van der Waals surface area contributed by atoms with Gasteiger partial charge in [-0.05, 0) is 57.8 Å². The van der Waals surface area contributed by atoms with Crippen molar-refractivity contribution in [3.05, 3.63) is 12.2 Å². The molecule has 8 unspecified atom stereocenters. The van der Waals surface area contributed by atoms with E-state index in [0.29, 0.717) is 11.5 Å². The van der Waals surface area contributed by atoms with E-state index in [1.165, 1.54) is 0 Å². The number of carbonyl (C=O) groups is 12. The van der Waals surface area contributed by atoms with Gasteiger partial charge in [-0.15, -0.1) is 0 Å². The molecule has 0 aromatic heterocycles. The zero-order valence-electron chi connectivity index (χ0n) is 41.7. The number of unbranched alkanes of at least 4 members (excludes halogenated alkanes) is 5. The van der Waals surface area contributed by atoms with E-state index in [-0.39, 0.29) is 43.7 Å². The molecule has 17 N–H and O–H groups in total. The van der Waals surface area contributed by atoms with Gasteiger partial charge in [-0.2, -0.15) is 0 Å². The van der Waals surface area contributed by atoms with Crippen molar-refractivity contribution in [2.45, 2.75) is 159 Å². The molecule has 8 atom stereocenters. The predicted octanol–water partition coefficient (Wildman–Crippen LogP) is -5.11. The lowest BCUT2D eigenvalue weighted by Crippen LogP contribution is -2.62. The molecule has 0 fully saturated rings. The van der Waals surface area contributed by atoms with E-state index in [1.807, 2.05) is 22.8 Å². The third-order valence-electron chi connectivity index (χ3n) is 10.8. The van der Waals surface area contributed by atoms with Gasteiger partial charge in [0.2, 0.25) is 59.1 Å². The summed E-state index contributed by atoms with van der Waals surface area (Å²) in [6.07, 6.45) is 4.61. The SMILES string of the molecule is CCCCCC/C=C\CCCC(=O)NC(C(=O)NC(CO)C(=O)NC(CO)C(=O)NC(CCC(N)=O)C(=O)NC(CCCN(O)C(C)=O)C(=O)NC(CO)C(=O)NC(CCCN(O)C(C)=O)C(=O)O)C(O)C(=O)O. The van der Waals surface area contributed by atoms with Gasteiger partial charge in [0.05, 0.1) is 19.8 Å². The van der Waals surface area contributed by atoms with Crippen LogP contribution in [0, 0.1) is 0 Å². The first kappa shape index (κ1) is 67.1. The van der Waals surface area contributed by atoms with E-state index in [4.69, 9.17) is 5.73 Å². The number of nitrogens with two attached hydrogens (primary N) is 1. The standard InChI is InChI=1S/C44H74N10O20/c1-4-5-6-7-8-9-10-11-12-17-34(61)52-35(36(62)44(71)72)42(68)51-32(24-57)41(67)50-30(22-55)39(65)47-28(18-19-33(45)60)38(64)46-27(15-13-20-53(73)25(2)58)37(63)49-31(23-56)40(66)48-29(43(69)70)16-14-21-54(74)26(3)59/h9-10,27-32,35-36,55-57,62,73-74H,4-8,11-24H2,1-3H3,(H2,45,60)(H,46,64)(H,47,65)(H,48,66)(H,49,63)(H,50,67)(H,51,68)(H,52,61)(H,69,70)(H,71,72)/b10-9-. The molecule has 0 spiro atoms. The number of carboxylic acid groups (broad SMARTS) is 2. The topological polar surface area (TPSA) is 483 Å². The summed E-state index contributed by atoms with van der Waals surface area (Å²) in [7, 11) is 0. The highest BCUT2D eigenvalue weighted by Gasteiger charge is 2.37. The second-order valence-corrected chi connectivity index (χ2v) is 16.9. The predicted molar refractivity (Wildman–Crippen MR) is 253 cm³/mol. The number of nitrogens with one attached hydrogen (secondary N) is 7. The molecule has 0 saturated carbocycles. The lowest BCUT2D eigenvalue weighted by Gasteiger charge is -2.27. The van der Waals surface area contributed by atoms with E-state index in [9.17, 15) is 98.6 Å². The molecule has 0 aromatic rings. The van der Waals surface area contributed by atoms with Gasteiger partial charge in [0.25, 0.3) is 0 Å². The zero-order chi connectivity index (χ0) is 56.5. The van der Waals surface area contributed by atoms with Gasteiger partial charge in [-0.1, -0.05) is 38.3 Å². The number of carbonyl (C=O) groups excluding carboxylic acids is 10. The fraction of sp³-hybridized carbons (Fsp3) is 0.682. The zero-order valence-corrected chi connectivity index (χ0v) is 41.7. The molecule has 30 nitrogen and oxygen atoms in total. The number of nitrogens with zero attached hydrogens (tertiary/aromatic N) is 2. The number of aliphatic carboxylic acids is 2. The summed E-state index contributed by atoms with van der Waals surface area (Å²) in [6, 6.07) is -13.3. The molecule has 0 radical (unpaired) electrons. The molecule has 420 valence electrons. The van der Waals surface area contributed by atoms with Crippen LogP contribution in [0.5, 0.6) is 0 Å². The third kappa shape index (κ3) is 27.3. The Bertz CT molecular complexity index is 1920. The Morgan fingerprint density at radius 1 is 0.486 bits per heavy atom. The fourth-order valence-corrected chi connectivity index (χ4v) is 6.47. The molecule has 0 bridgehead atoms. The highest BCUT2D eigenvalue weighted by Crippen LogP contribution is 2.09. The first-order valence-corrected chi connectivity index (χ1v) is 23.8. The Kier molecular flexibility index (Phi) is 33.5. The number of rotatable bonds is 39. The molecular formula is C44H74N10O20. The average molecular weight is 1060 g/mol. The van der Waals surface area contributed by atoms with E-state index < -0.39 is 165 Å². The normalized spacial score (nSPS) is 14.3. The maximum absolute atomic E-state index is 13.8. The molecule has 0 heterocycles. The van der Waals surface area contributed by atoms with E-state index in [2.05, 4.69) is 33.5 Å². The van der Waals surface area contributed by atoms with Crippen LogP contribution in [0.1, 0.15) is 111 Å². The first-order chi connectivity index (χ1) is 34.8. The molecular weight excluding hydrogens is 989 g/mol. The molecule has 0 aliphatic heterocycles. The summed E-state index contributed by atoms with van der Waals surface area (Å²) >= 11 is 0. The number of hydrogen-bond acceptors (Lipinski definition) is 18. The minimum atomic E-state index is -2.54. The second kappa shape index (κ2) is 37.0. The number of aliphatic hydroxyl groups is 4. The minimum absolute atomic E-state index is 0.122. The Morgan fingerprint density at radius 2 is 0.878 bits per heavy atom. The number of hydroxylamine groups is 4. The van der Waals surface area contributed by atoms with Gasteiger partial charge in [-0.25, -0.2) is 19.7 Å². The van der Waals surface area contributed by atoms with Crippen molar-refractivity contribution in [3.63, 3.8) is 0 Å². The van der Waals surface area contributed by atoms with Crippen molar-refractivity contribution < 1.29 is 98.6 Å². The van der Waals surface area contributed by atoms with Crippen LogP contribution in [-0.4, -0.2) is 203 Å². The highest BCUT2D eigenvalue weighted by molar-refractivity contribution is 5.98. The average Bonchev–Trinajstić information content (AvgIpc) is 3.34. The van der Waals surface area contributed by atoms with E-state index >= 15 is 0 Å². The van der Waals surface area contributed by atoms with Gasteiger partial charge < -0.3 is 73.6 Å². The lowest BCUT2D eigenvalue weighted by molar-refractivity contribution is -0.163. The van der Waals surface area contributed by atoms with Gasteiger partial charge >= 0.3 is 11.9 Å². The van der Waals surface area contributed by atoms with E-state index in [0.717, 1.165) is 46.0 Å². The number of allylic oxidation sites excluding steroid dienone is 2. The van der Waals surface area contributed by atoms with Crippen LogP contribution in [0.15, 0.2) is 12.2 Å². The first-order valence-electron chi connectivity index (χ1n) is 23.8. The van der Waals surface area contributed by atoms with Crippen molar-refractivity contribution in [1.29, 1.82) is 0 Å². The number of carboxylic acids is 2. The largest absolute Gasteiger partial charge is 0.480 e. The summed E-state index contributed by atoms with van der Waals surface area (Å²) in [6.45, 7) is -0.204. The molecule has 74 heavy (non-hydrogen) atoms. The number of amides is 10. The Hall–Kier alpha value is -6.86. The third-order valence-corrected chi connectivity index (χ3v) is 10.8. The van der Waals surface area contributed by atoms with Crippen molar-refractivity contribution in [2.24, 2.45) is 5.73 Å². The van der Waals surface area contributed by atoms with Gasteiger partial charge in [0, 0.05) is 39.8 Å². The summed E-state index contributed by atoms with van der Waals surface area (Å²) in [5.74, 6) is -14.8. The minimum Gasteiger partial charge on any atom is -0.480 e. The number of hydrogen-bond donors (Lipinski definition) is 16. The van der Waals surface area contributed by atoms with Crippen molar-refractivity contribution in [2.75, 3.05) is 32.9 Å². The van der Waals surface area contributed by atoms with Gasteiger partial charge in [0.1, 0.15) is 42.3 Å². The van der Waals surface area contributed by atoms with Crippen molar-refractivity contribution in [1.82, 2.24) is 47.3 Å². The van der Waals surface area contributed by atoms with Crippen LogP contribution in [0.2, 0.25) is 0 Å². The monoisotopic (exact) mass is 1060 g/mol. The van der Waals surface area contributed by atoms with Crippen molar-refractivity contribution in [3.8, 4) is 0 Å². The van der Waals surface area contributed by atoms with Gasteiger partial charge in [-0.3, -0.25) is 58.4 Å². The van der Waals surface area contributed by atoms with E-state index in [1.54, 1.807) is 0 Å². The molecule has 0 saturated heterocycles.